The molecular weight excluding hydrogens is 537 g/mol. The first-order valence-electron chi connectivity index (χ1n) is 15.2. The molecule has 224 valence electrons. The van der Waals surface area contributed by atoms with Gasteiger partial charge in [0.05, 0.1) is 0 Å². The van der Waals surface area contributed by atoms with E-state index in [-0.39, 0.29) is 0 Å². The van der Waals surface area contributed by atoms with Crippen LogP contribution < -0.4 is 10.4 Å². The maximum Gasteiger partial charge on any atom is 0.537 e. The fraction of sp³-hybridized carbons (Fsp3) is 0.562. The van der Waals surface area contributed by atoms with Crippen LogP contribution in [0, 0.1) is 0 Å². The maximum absolute atomic E-state index is 6.32. The van der Waals surface area contributed by atoms with Crippen molar-refractivity contribution in [2.75, 3.05) is 39.6 Å². The topological polar surface area (TPSA) is 55.4 Å². The van der Waals surface area contributed by atoms with E-state index >= 15 is 0 Å². The van der Waals surface area contributed by atoms with Crippen LogP contribution in [0.3, 0.4) is 0 Å². The Bertz CT molecular complexity index is 843. The second kappa shape index (κ2) is 18.7. The molecule has 0 aromatic heterocycles. The van der Waals surface area contributed by atoms with E-state index < -0.39 is 17.6 Å². The van der Waals surface area contributed by atoms with Crippen LogP contribution >= 0.6 is 0 Å². The Hall–Kier alpha value is -1.63. The van der Waals surface area contributed by atoms with E-state index in [0.29, 0.717) is 39.6 Å². The molecule has 2 aromatic carbocycles. The molecule has 2 aromatic rings. The Morgan fingerprint density at radius 1 is 0.450 bits per heavy atom. The molecule has 0 aliphatic heterocycles. The molecule has 0 saturated heterocycles. The Balaban J connectivity index is 2.33. The Morgan fingerprint density at radius 2 is 0.675 bits per heavy atom. The van der Waals surface area contributed by atoms with Crippen molar-refractivity contribution < 1.29 is 26.6 Å². The molecule has 0 amide bonds. The van der Waals surface area contributed by atoms with Gasteiger partial charge in [0, 0.05) is 50.0 Å². The van der Waals surface area contributed by atoms with Gasteiger partial charge in [-0.15, -0.1) is 0 Å². The quantitative estimate of drug-likeness (QED) is 0.145. The number of benzene rings is 2. The van der Waals surface area contributed by atoms with Crippen LogP contribution in [0.15, 0.2) is 55.1 Å². The highest BCUT2D eigenvalue weighted by Crippen LogP contribution is 2.23. The van der Waals surface area contributed by atoms with Gasteiger partial charge in [-0.25, -0.2) is 0 Å². The standard InChI is InChI=1S/C32H52O6Si2/c1-8-22-33-39(34-23-9-2,35-24-10-3)31-18-14-29(15-19-31)28(7)30-16-20-32(21-17-30)40(36-25-11-4,37-26-12-5)38-27-13-6/h14-21H,7-13,22-27H2,1-6H3. The van der Waals surface area contributed by atoms with Gasteiger partial charge in [0.1, 0.15) is 0 Å². The fourth-order valence-corrected chi connectivity index (χ4v) is 9.57. The lowest BCUT2D eigenvalue weighted by molar-refractivity contribution is 0.0726. The Labute approximate surface area is 245 Å². The van der Waals surface area contributed by atoms with E-state index in [2.05, 4.69) is 96.7 Å². The van der Waals surface area contributed by atoms with Crippen molar-refractivity contribution in [2.24, 2.45) is 0 Å². The van der Waals surface area contributed by atoms with Gasteiger partial charge in [0.15, 0.2) is 0 Å². The minimum absolute atomic E-state index is 0.608. The lowest BCUT2D eigenvalue weighted by Gasteiger charge is -2.30. The monoisotopic (exact) mass is 588 g/mol. The van der Waals surface area contributed by atoms with E-state index in [9.17, 15) is 0 Å². The zero-order valence-corrected chi connectivity index (χ0v) is 27.8. The second-order valence-corrected chi connectivity index (χ2v) is 14.9. The molecule has 2 rings (SSSR count). The average Bonchev–Trinajstić information content (AvgIpc) is 3.00. The smallest absolute Gasteiger partial charge is 0.370 e. The Kier molecular flexibility index (Phi) is 16.2. The molecule has 0 aliphatic carbocycles. The van der Waals surface area contributed by atoms with E-state index in [1.807, 2.05) is 0 Å². The lowest BCUT2D eigenvalue weighted by atomic mass is 10.00. The predicted molar refractivity (Wildman–Crippen MR) is 169 cm³/mol. The van der Waals surface area contributed by atoms with Crippen molar-refractivity contribution in [1.29, 1.82) is 0 Å². The molecule has 0 heterocycles. The summed E-state index contributed by atoms with van der Waals surface area (Å²) >= 11 is 0. The molecule has 40 heavy (non-hydrogen) atoms. The summed E-state index contributed by atoms with van der Waals surface area (Å²) in [5.74, 6) is 0. The largest absolute Gasteiger partial charge is 0.537 e. The molecule has 0 spiro atoms. The first-order valence-corrected chi connectivity index (χ1v) is 18.6. The van der Waals surface area contributed by atoms with Gasteiger partial charge < -0.3 is 26.6 Å². The molecule has 8 heteroatoms. The first kappa shape index (κ1) is 34.6. The molecule has 0 fully saturated rings. The van der Waals surface area contributed by atoms with Crippen molar-refractivity contribution in [2.45, 2.75) is 80.1 Å². The molecule has 0 radical (unpaired) electrons. The van der Waals surface area contributed by atoms with Gasteiger partial charge in [0.2, 0.25) is 0 Å². The van der Waals surface area contributed by atoms with Crippen LogP contribution in [0.25, 0.3) is 5.57 Å². The highest BCUT2D eigenvalue weighted by molar-refractivity contribution is 6.75. The molecular formula is C32H52O6Si2. The molecule has 0 atom stereocenters. The summed E-state index contributed by atoms with van der Waals surface area (Å²) in [7, 11) is -6.00. The minimum Gasteiger partial charge on any atom is -0.370 e. The van der Waals surface area contributed by atoms with Crippen molar-refractivity contribution in [1.82, 2.24) is 0 Å². The van der Waals surface area contributed by atoms with Crippen LogP contribution in [0.4, 0.5) is 0 Å². The van der Waals surface area contributed by atoms with Crippen LogP contribution in [0.2, 0.25) is 0 Å². The summed E-state index contributed by atoms with van der Waals surface area (Å²) in [4.78, 5) is 0. The van der Waals surface area contributed by atoms with Gasteiger partial charge in [-0.2, -0.15) is 0 Å². The lowest BCUT2D eigenvalue weighted by Crippen LogP contribution is -2.57. The fourth-order valence-electron chi connectivity index (χ4n) is 4.09. The second-order valence-electron chi connectivity index (χ2n) is 9.84. The molecule has 0 saturated carbocycles. The Morgan fingerprint density at radius 3 is 0.875 bits per heavy atom. The summed E-state index contributed by atoms with van der Waals surface area (Å²) in [5.41, 5.74) is 3.02. The molecule has 0 unspecified atom stereocenters. The third-order valence-electron chi connectivity index (χ3n) is 6.15. The van der Waals surface area contributed by atoms with Crippen LogP contribution in [-0.4, -0.2) is 57.3 Å². The van der Waals surface area contributed by atoms with Gasteiger partial charge in [0.25, 0.3) is 0 Å². The number of hydrogen-bond acceptors (Lipinski definition) is 6. The third-order valence-corrected chi connectivity index (χ3v) is 11.7. The zero-order chi connectivity index (χ0) is 29.3. The van der Waals surface area contributed by atoms with E-state index in [1.165, 1.54) is 0 Å². The summed E-state index contributed by atoms with van der Waals surface area (Å²) < 4.78 is 37.9. The van der Waals surface area contributed by atoms with Gasteiger partial charge >= 0.3 is 17.6 Å². The van der Waals surface area contributed by atoms with Crippen LogP contribution in [0.5, 0.6) is 0 Å². The van der Waals surface area contributed by atoms with Crippen LogP contribution in [0.1, 0.15) is 91.2 Å². The first-order chi connectivity index (χ1) is 19.5. The zero-order valence-electron chi connectivity index (χ0n) is 25.8. The summed E-state index contributed by atoms with van der Waals surface area (Å²) in [6, 6.07) is 16.7. The third kappa shape index (κ3) is 9.74. The van der Waals surface area contributed by atoms with Crippen molar-refractivity contribution in [3.63, 3.8) is 0 Å². The summed E-state index contributed by atoms with van der Waals surface area (Å²) in [5, 5.41) is 1.97. The van der Waals surface area contributed by atoms with Gasteiger partial charge in [-0.3, -0.25) is 0 Å². The minimum atomic E-state index is -3.00. The normalized spacial score (nSPS) is 12.2. The van der Waals surface area contributed by atoms with Crippen molar-refractivity contribution >= 4 is 33.6 Å². The van der Waals surface area contributed by atoms with E-state index in [4.69, 9.17) is 26.6 Å². The number of rotatable bonds is 22. The van der Waals surface area contributed by atoms with E-state index in [0.717, 1.165) is 65.6 Å². The van der Waals surface area contributed by atoms with Gasteiger partial charge in [-0.1, -0.05) is 96.7 Å². The van der Waals surface area contributed by atoms with E-state index in [1.54, 1.807) is 0 Å². The SMILES string of the molecule is C=C(c1ccc([Si](OCCC)(OCCC)OCCC)cc1)c1ccc([Si](OCCC)(OCCC)OCCC)cc1. The highest BCUT2D eigenvalue weighted by atomic mass is 28.4. The predicted octanol–water partition coefficient (Wildman–Crippen LogP) is 6.60. The van der Waals surface area contributed by atoms with Crippen molar-refractivity contribution in [3.05, 3.63) is 66.2 Å². The molecule has 6 nitrogen and oxygen atoms in total. The average molecular weight is 589 g/mol. The molecule has 0 N–H and O–H groups in total. The molecule has 0 bridgehead atoms. The van der Waals surface area contributed by atoms with Crippen molar-refractivity contribution in [3.8, 4) is 0 Å². The highest BCUT2D eigenvalue weighted by Gasteiger charge is 2.44. The summed E-state index contributed by atoms with van der Waals surface area (Å²) in [6.07, 6.45) is 5.45. The number of hydrogen-bond donors (Lipinski definition) is 0. The summed E-state index contributed by atoms with van der Waals surface area (Å²) in [6.45, 7) is 20.7. The van der Waals surface area contributed by atoms with Gasteiger partial charge in [-0.05, 0) is 55.2 Å². The maximum atomic E-state index is 6.32. The molecule has 0 aliphatic rings. The van der Waals surface area contributed by atoms with Crippen LogP contribution in [-0.2, 0) is 26.6 Å².